The maximum atomic E-state index is 12.1. The van der Waals surface area contributed by atoms with E-state index in [2.05, 4.69) is 4.72 Å². The Bertz CT molecular complexity index is 980. The summed E-state index contributed by atoms with van der Waals surface area (Å²) in [6.45, 7) is 0.127. The molecule has 0 heterocycles. The summed E-state index contributed by atoms with van der Waals surface area (Å²) in [5.41, 5.74) is 1.57. The van der Waals surface area contributed by atoms with Gasteiger partial charge in [-0.05, 0) is 28.7 Å². The first-order valence-corrected chi connectivity index (χ1v) is 9.00. The number of rotatable bonds is 5. The Balaban J connectivity index is 1.78. The standard InChI is InChI=1S/C19H16NO3S/c21-19-11-5-9-17-16(8-4-10-18(17)19)14-20-24(22,23)13-12-15-6-2-1-3-7-15/h1-13,20H,14H2. The molecule has 0 atom stereocenters. The first-order chi connectivity index (χ1) is 11.6. The molecule has 0 saturated carbocycles. The van der Waals surface area contributed by atoms with Crippen molar-refractivity contribution in [2.24, 2.45) is 0 Å². The Morgan fingerprint density at radius 2 is 1.54 bits per heavy atom. The fraction of sp³-hybridized carbons (Fsp3) is 0.0526. The molecule has 4 nitrogen and oxygen atoms in total. The number of hydrogen-bond donors (Lipinski definition) is 1. The van der Waals surface area contributed by atoms with E-state index in [1.807, 2.05) is 42.5 Å². The van der Waals surface area contributed by atoms with Gasteiger partial charge in [0, 0.05) is 17.3 Å². The van der Waals surface area contributed by atoms with Crippen molar-refractivity contribution in [2.75, 3.05) is 0 Å². The number of benzene rings is 3. The highest BCUT2D eigenvalue weighted by molar-refractivity contribution is 7.92. The van der Waals surface area contributed by atoms with Crippen LogP contribution in [0.15, 0.2) is 72.1 Å². The third-order valence-corrected chi connectivity index (χ3v) is 4.72. The molecule has 0 aliphatic rings. The lowest BCUT2D eigenvalue weighted by molar-refractivity contribution is 0.360. The van der Waals surface area contributed by atoms with Crippen LogP contribution in [0.4, 0.5) is 0 Å². The van der Waals surface area contributed by atoms with Gasteiger partial charge in [0.25, 0.3) is 0 Å². The predicted octanol–water partition coefficient (Wildman–Crippen LogP) is 4.07. The van der Waals surface area contributed by atoms with Gasteiger partial charge in [0.2, 0.25) is 10.0 Å². The van der Waals surface area contributed by atoms with Gasteiger partial charge in [-0.3, -0.25) is 5.11 Å². The zero-order chi connectivity index (χ0) is 17.0. The molecule has 121 valence electrons. The molecular weight excluding hydrogens is 322 g/mol. The fourth-order valence-electron chi connectivity index (χ4n) is 2.46. The zero-order valence-electron chi connectivity index (χ0n) is 12.8. The van der Waals surface area contributed by atoms with Crippen molar-refractivity contribution in [2.45, 2.75) is 6.54 Å². The van der Waals surface area contributed by atoms with E-state index in [1.165, 1.54) is 6.07 Å². The summed E-state index contributed by atoms with van der Waals surface area (Å²) in [5, 5.41) is 14.3. The molecule has 3 aromatic carbocycles. The summed E-state index contributed by atoms with van der Waals surface area (Å²) in [6, 6.07) is 19.5. The minimum atomic E-state index is -3.57. The van der Waals surface area contributed by atoms with E-state index in [9.17, 15) is 13.5 Å². The van der Waals surface area contributed by atoms with Crippen LogP contribution in [0.3, 0.4) is 0 Å². The van der Waals surface area contributed by atoms with E-state index in [0.717, 1.165) is 21.9 Å². The molecule has 24 heavy (non-hydrogen) atoms. The lowest BCUT2D eigenvalue weighted by Crippen LogP contribution is -2.20. The number of nitrogens with one attached hydrogen (secondary N) is 1. The van der Waals surface area contributed by atoms with Gasteiger partial charge in [-0.2, -0.15) is 0 Å². The van der Waals surface area contributed by atoms with Crippen molar-refractivity contribution >= 4 is 26.9 Å². The minimum Gasteiger partial charge on any atom is -0.289 e. The number of fused-ring (bicyclic) bond motifs is 1. The normalized spacial score (nSPS) is 12.0. The van der Waals surface area contributed by atoms with Crippen molar-refractivity contribution in [1.82, 2.24) is 4.72 Å². The van der Waals surface area contributed by atoms with E-state index < -0.39 is 10.0 Å². The van der Waals surface area contributed by atoms with Crippen LogP contribution in [-0.4, -0.2) is 8.42 Å². The number of hydrogen-bond acceptors (Lipinski definition) is 2. The highest BCUT2D eigenvalue weighted by atomic mass is 32.2. The summed E-state index contributed by atoms with van der Waals surface area (Å²) in [4.78, 5) is 0. The average Bonchev–Trinajstić information content (AvgIpc) is 2.60. The summed E-state index contributed by atoms with van der Waals surface area (Å²) in [5.74, 6) is -0.0684. The second-order valence-corrected chi connectivity index (χ2v) is 7.00. The summed E-state index contributed by atoms with van der Waals surface area (Å²) in [6.07, 6.45) is 1.54. The van der Waals surface area contributed by atoms with Gasteiger partial charge in [-0.25, -0.2) is 13.1 Å². The predicted molar refractivity (Wildman–Crippen MR) is 95.3 cm³/mol. The first kappa shape index (κ1) is 16.2. The molecule has 3 rings (SSSR count). The summed E-state index contributed by atoms with van der Waals surface area (Å²) in [7, 11) is -3.57. The minimum absolute atomic E-state index is 0.0684. The Morgan fingerprint density at radius 1 is 0.833 bits per heavy atom. The molecule has 0 spiro atoms. The van der Waals surface area contributed by atoms with Crippen molar-refractivity contribution < 1.29 is 13.5 Å². The lowest BCUT2D eigenvalue weighted by Gasteiger charge is -2.07. The Morgan fingerprint density at radius 3 is 2.33 bits per heavy atom. The van der Waals surface area contributed by atoms with Crippen molar-refractivity contribution in [3.05, 3.63) is 83.3 Å². The Labute approximate surface area is 141 Å². The van der Waals surface area contributed by atoms with Gasteiger partial charge < -0.3 is 0 Å². The van der Waals surface area contributed by atoms with Crippen LogP contribution in [0.1, 0.15) is 11.1 Å². The number of sulfonamides is 1. The molecule has 0 unspecified atom stereocenters. The smallest absolute Gasteiger partial charge is 0.234 e. The second-order valence-electron chi connectivity index (χ2n) is 5.35. The van der Waals surface area contributed by atoms with Crippen LogP contribution in [0.2, 0.25) is 0 Å². The van der Waals surface area contributed by atoms with Gasteiger partial charge in [-0.15, -0.1) is 0 Å². The van der Waals surface area contributed by atoms with E-state index in [-0.39, 0.29) is 12.3 Å². The average molecular weight is 338 g/mol. The second kappa shape index (κ2) is 6.86. The van der Waals surface area contributed by atoms with Gasteiger partial charge >= 0.3 is 0 Å². The van der Waals surface area contributed by atoms with Crippen LogP contribution in [-0.2, 0) is 21.7 Å². The molecule has 1 radical (unpaired) electrons. The fourth-order valence-corrected chi connectivity index (χ4v) is 3.25. The van der Waals surface area contributed by atoms with Gasteiger partial charge in [-0.1, -0.05) is 60.7 Å². The highest BCUT2D eigenvalue weighted by Gasteiger charge is 2.09. The molecule has 3 aromatic rings. The Hall–Kier alpha value is -2.63. The molecular formula is C19H16NO3S. The molecule has 0 amide bonds. The van der Waals surface area contributed by atoms with Gasteiger partial charge in [0.1, 0.15) is 0 Å². The summed E-state index contributed by atoms with van der Waals surface area (Å²) < 4.78 is 26.8. The van der Waals surface area contributed by atoms with Crippen LogP contribution >= 0.6 is 0 Å². The van der Waals surface area contributed by atoms with Crippen LogP contribution in [0.5, 0.6) is 5.75 Å². The lowest BCUT2D eigenvalue weighted by atomic mass is 10.0. The Kier molecular flexibility index (Phi) is 4.64. The van der Waals surface area contributed by atoms with Crippen molar-refractivity contribution in [3.63, 3.8) is 0 Å². The van der Waals surface area contributed by atoms with Gasteiger partial charge in [0.15, 0.2) is 5.75 Å². The molecule has 1 N–H and O–H groups in total. The van der Waals surface area contributed by atoms with E-state index in [1.54, 1.807) is 24.3 Å². The molecule has 0 aliphatic carbocycles. The molecule has 0 bridgehead atoms. The molecule has 0 saturated heterocycles. The summed E-state index contributed by atoms with van der Waals surface area (Å²) >= 11 is 0. The molecule has 0 fully saturated rings. The monoisotopic (exact) mass is 338 g/mol. The van der Waals surface area contributed by atoms with Gasteiger partial charge in [0.05, 0.1) is 0 Å². The van der Waals surface area contributed by atoms with Crippen molar-refractivity contribution in [1.29, 1.82) is 0 Å². The SMILES string of the molecule is [O]c1cccc2c(CNS(=O)(=O)C=Cc3ccccc3)cccc12. The van der Waals surface area contributed by atoms with Crippen molar-refractivity contribution in [3.8, 4) is 5.75 Å². The van der Waals surface area contributed by atoms with E-state index in [0.29, 0.717) is 5.39 Å². The van der Waals surface area contributed by atoms with Crippen LogP contribution < -0.4 is 4.72 Å². The third kappa shape index (κ3) is 3.82. The molecule has 0 aliphatic heterocycles. The maximum absolute atomic E-state index is 12.1. The highest BCUT2D eigenvalue weighted by Crippen LogP contribution is 2.27. The quantitative estimate of drug-likeness (QED) is 0.762. The third-order valence-electron chi connectivity index (χ3n) is 3.68. The zero-order valence-corrected chi connectivity index (χ0v) is 13.7. The molecule has 5 heteroatoms. The first-order valence-electron chi connectivity index (χ1n) is 7.46. The molecule has 0 aromatic heterocycles. The van der Waals surface area contributed by atoms with Crippen LogP contribution in [0, 0.1) is 0 Å². The topological polar surface area (TPSA) is 66.1 Å². The van der Waals surface area contributed by atoms with Crippen LogP contribution in [0.25, 0.3) is 16.8 Å². The maximum Gasteiger partial charge on any atom is 0.234 e. The largest absolute Gasteiger partial charge is 0.289 e. The van der Waals surface area contributed by atoms with E-state index in [4.69, 9.17) is 0 Å². The van der Waals surface area contributed by atoms with E-state index >= 15 is 0 Å².